The van der Waals surface area contributed by atoms with Crippen molar-refractivity contribution >= 4 is 5.91 Å². The minimum Gasteiger partial charge on any atom is -0.383 e. The largest absolute Gasteiger partial charge is 0.383 e. The zero-order valence-corrected chi connectivity index (χ0v) is 16.4. The molecule has 0 aliphatic carbocycles. The Labute approximate surface area is 160 Å². The Morgan fingerprint density at radius 1 is 1.30 bits per heavy atom. The molecular weight excluding hydrogens is 342 g/mol. The van der Waals surface area contributed by atoms with Crippen molar-refractivity contribution < 1.29 is 9.53 Å². The van der Waals surface area contributed by atoms with Crippen molar-refractivity contribution in [2.45, 2.75) is 31.7 Å². The van der Waals surface area contributed by atoms with Gasteiger partial charge in [0.15, 0.2) is 0 Å². The highest BCUT2D eigenvalue weighted by Gasteiger charge is 2.23. The summed E-state index contributed by atoms with van der Waals surface area (Å²) in [6.07, 6.45) is 7.84. The van der Waals surface area contributed by atoms with Crippen LogP contribution in [0.3, 0.4) is 0 Å². The zero-order valence-electron chi connectivity index (χ0n) is 16.4. The van der Waals surface area contributed by atoms with E-state index in [1.54, 1.807) is 11.8 Å². The number of pyridine rings is 1. The maximum atomic E-state index is 12.1. The summed E-state index contributed by atoms with van der Waals surface area (Å²) in [5.74, 6) is 0.525. The molecule has 1 aliphatic rings. The lowest BCUT2D eigenvalue weighted by Gasteiger charge is -2.31. The summed E-state index contributed by atoms with van der Waals surface area (Å²) in [5, 5.41) is 7.18. The van der Waals surface area contributed by atoms with Crippen LogP contribution in [0.2, 0.25) is 0 Å². The second kappa shape index (κ2) is 9.10. The number of carbonyl (C=O) groups excluding carboxylic acids is 1. The highest BCUT2D eigenvalue weighted by molar-refractivity contribution is 5.78. The van der Waals surface area contributed by atoms with E-state index in [0.717, 1.165) is 42.8 Å². The van der Waals surface area contributed by atoms with Crippen molar-refractivity contribution in [2.24, 2.45) is 7.05 Å². The highest BCUT2D eigenvalue weighted by atomic mass is 16.5. The van der Waals surface area contributed by atoms with Crippen LogP contribution in [0.4, 0.5) is 0 Å². The van der Waals surface area contributed by atoms with Gasteiger partial charge in [-0.3, -0.25) is 19.4 Å². The van der Waals surface area contributed by atoms with Gasteiger partial charge in [-0.25, -0.2) is 0 Å². The third-order valence-electron chi connectivity index (χ3n) is 5.02. The molecule has 2 aromatic rings. The van der Waals surface area contributed by atoms with Gasteiger partial charge in [0.05, 0.1) is 19.3 Å². The third kappa shape index (κ3) is 5.37. The first-order chi connectivity index (χ1) is 13.0. The summed E-state index contributed by atoms with van der Waals surface area (Å²) >= 11 is 0. The summed E-state index contributed by atoms with van der Waals surface area (Å²) in [7, 11) is 3.56. The van der Waals surface area contributed by atoms with Gasteiger partial charge in [-0.1, -0.05) is 6.07 Å². The summed E-state index contributed by atoms with van der Waals surface area (Å²) in [6, 6.07) is 4.29. The average Bonchev–Trinajstić information content (AvgIpc) is 3.09. The molecule has 1 unspecified atom stereocenters. The van der Waals surface area contributed by atoms with Gasteiger partial charge < -0.3 is 10.1 Å². The Hall–Kier alpha value is -2.25. The van der Waals surface area contributed by atoms with E-state index in [9.17, 15) is 4.79 Å². The van der Waals surface area contributed by atoms with Crippen molar-refractivity contribution in [3.63, 3.8) is 0 Å². The second-order valence-corrected chi connectivity index (χ2v) is 7.35. The molecule has 0 saturated carbocycles. The van der Waals surface area contributed by atoms with Gasteiger partial charge in [0.25, 0.3) is 0 Å². The van der Waals surface area contributed by atoms with Crippen molar-refractivity contribution in [3.8, 4) is 11.1 Å². The molecule has 1 amide bonds. The lowest BCUT2D eigenvalue weighted by Crippen LogP contribution is -2.44. The van der Waals surface area contributed by atoms with Gasteiger partial charge in [0.1, 0.15) is 0 Å². The van der Waals surface area contributed by atoms with Crippen LogP contribution < -0.4 is 5.32 Å². The fraction of sp³-hybridized carbons (Fsp3) is 0.550. The maximum Gasteiger partial charge on any atom is 0.234 e. The van der Waals surface area contributed by atoms with E-state index in [0.29, 0.717) is 19.1 Å². The van der Waals surface area contributed by atoms with E-state index in [4.69, 9.17) is 4.74 Å². The third-order valence-corrected chi connectivity index (χ3v) is 5.02. The summed E-state index contributed by atoms with van der Waals surface area (Å²) in [6.45, 7) is 4.78. The molecule has 7 nitrogen and oxygen atoms in total. The first-order valence-electron chi connectivity index (χ1n) is 9.50. The van der Waals surface area contributed by atoms with E-state index in [1.807, 2.05) is 32.6 Å². The van der Waals surface area contributed by atoms with Crippen LogP contribution in [-0.4, -0.2) is 65.0 Å². The van der Waals surface area contributed by atoms with E-state index in [2.05, 4.69) is 32.4 Å². The number of piperidine rings is 1. The number of aromatic nitrogens is 3. The van der Waals surface area contributed by atoms with Crippen LogP contribution >= 0.6 is 0 Å². The highest BCUT2D eigenvalue weighted by Crippen LogP contribution is 2.28. The molecule has 146 valence electrons. The molecule has 3 heterocycles. The molecule has 3 rings (SSSR count). The van der Waals surface area contributed by atoms with Crippen LogP contribution in [-0.2, 0) is 16.6 Å². The molecule has 1 saturated heterocycles. The molecule has 7 heteroatoms. The molecule has 1 atom stereocenters. The van der Waals surface area contributed by atoms with E-state index in [1.165, 1.54) is 0 Å². The lowest BCUT2D eigenvalue weighted by molar-refractivity contribution is -0.123. The Bertz CT molecular complexity index is 735. The Balaban J connectivity index is 1.48. The molecule has 0 spiro atoms. The molecule has 1 aliphatic heterocycles. The van der Waals surface area contributed by atoms with Crippen molar-refractivity contribution in [1.29, 1.82) is 0 Å². The number of carbonyl (C=O) groups is 1. The standard InChI is InChI=1S/C20H29N5O2/c1-15(14-27-3)23-20(26)13-25-8-6-16(7-9-25)19-5-4-17(10-21-19)18-11-22-24(2)12-18/h4-5,10-12,15-16H,6-9,13-14H2,1-3H3,(H,23,26). The number of hydrogen-bond acceptors (Lipinski definition) is 5. The lowest BCUT2D eigenvalue weighted by atomic mass is 9.92. The summed E-state index contributed by atoms with van der Waals surface area (Å²) in [4.78, 5) is 19.0. The maximum absolute atomic E-state index is 12.1. The van der Waals surface area contributed by atoms with E-state index in [-0.39, 0.29) is 11.9 Å². The van der Waals surface area contributed by atoms with Gasteiger partial charge in [0, 0.05) is 55.3 Å². The first kappa shape index (κ1) is 19.5. The van der Waals surface area contributed by atoms with Crippen LogP contribution in [0.15, 0.2) is 30.7 Å². The minimum atomic E-state index is 0.0440. The molecule has 1 N–H and O–H groups in total. The number of aryl methyl sites for hydroxylation is 1. The Kier molecular flexibility index (Phi) is 6.58. The van der Waals surface area contributed by atoms with E-state index >= 15 is 0 Å². The number of hydrogen-bond donors (Lipinski definition) is 1. The smallest absolute Gasteiger partial charge is 0.234 e. The van der Waals surface area contributed by atoms with Crippen molar-refractivity contribution in [2.75, 3.05) is 33.4 Å². The molecule has 27 heavy (non-hydrogen) atoms. The van der Waals surface area contributed by atoms with Gasteiger partial charge in [-0.15, -0.1) is 0 Å². The van der Waals surface area contributed by atoms with Gasteiger partial charge >= 0.3 is 0 Å². The molecule has 0 bridgehead atoms. The van der Waals surface area contributed by atoms with Gasteiger partial charge in [-0.2, -0.15) is 5.10 Å². The molecule has 1 fully saturated rings. The zero-order chi connectivity index (χ0) is 19.2. The molecular formula is C20H29N5O2. The fourth-order valence-corrected chi connectivity index (χ4v) is 3.59. The fourth-order valence-electron chi connectivity index (χ4n) is 3.59. The van der Waals surface area contributed by atoms with Crippen LogP contribution in [0, 0.1) is 0 Å². The topological polar surface area (TPSA) is 72.3 Å². The van der Waals surface area contributed by atoms with Gasteiger partial charge in [0.2, 0.25) is 5.91 Å². The average molecular weight is 371 g/mol. The van der Waals surface area contributed by atoms with Crippen LogP contribution in [0.5, 0.6) is 0 Å². The second-order valence-electron chi connectivity index (χ2n) is 7.35. The molecule has 2 aromatic heterocycles. The summed E-state index contributed by atoms with van der Waals surface area (Å²) < 4.78 is 6.85. The number of methoxy groups -OCH3 is 1. The number of likely N-dealkylation sites (tertiary alicyclic amines) is 1. The summed E-state index contributed by atoms with van der Waals surface area (Å²) in [5.41, 5.74) is 3.31. The Morgan fingerprint density at radius 3 is 2.67 bits per heavy atom. The predicted octanol–water partition coefficient (Wildman–Crippen LogP) is 1.81. The number of rotatable bonds is 7. The number of nitrogens with one attached hydrogen (secondary N) is 1. The monoisotopic (exact) mass is 371 g/mol. The quantitative estimate of drug-likeness (QED) is 0.804. The number of amides is 1. The molecule has 0 radical (unpaired) electrons. The number of nitrogens with zero attached hydrogens (tertiary/aromatic N) is 4. The predicted molar refractivity (Wildman–Crippen MR) is 104 cm³/mol. The normalized spacial score (nSPS) is 17.0. The van der Waals surface area contributed by atoms with Crippen LogP contribution in [0.1, 0.15) is 31.4 Å². The SMILES string of the molecule is COCC(C)NC(=O)CN1CCC(c2ccc(-c3cnn(C)c3)cn2)CC1. The van der Waals surface area contributed by atoms with Crippen molar-refractivity contribution in [3.05, 3.63) is 36.4 Å². The number of ether oxygens (including phenoxy) is 1. The van der Waals surface area contributed by atoms with Crippen molar-refractivity contribution in [1.82, 2.24) is 25.0 Å². The first-order valence-corrected chi connectivity index (χ1v) is 9.50. The Morgan fingerprint density at radius 2 is 2.07 bits per heavy atom. The minimum absolute atomic E-state index is 0.0440. The van der Waals surface area contributed by atoms with Gasteiger partial charge in [-0.05, 0) is 38.9 Å². The molecule has 0 aromatic carbocycles. The van der Waals surface area contributed by atoms with Crippen LogP contribution in [0.25, 0.3) is 11.1 Å². The van der Waals surface area contributed by atoms with E-state index < -0.39 is 0 Å².